The summed E-state index contributed by atoms with van der Waals surface area (Å²) in [6, 6.07) is 5.72. The largest absolute Gasteiger partial charge is 0.476 e. The zero-order valence-electron chi connectivity index (χ0n) is 12.0. The number of nitrogens with zero attached hydrogens (tertiary/aromatic N) is 2. The van der Waals surface area contributed by atoms with E-state index in [1.807, 2.05) is 32.0 Å². The molecule has 2 N–H and O–H groups in total. The molecule has 1 amide bonds. The van der Waals surface area contributed by atoms with E-state index >= 15 is 0 Å². The molecule has 0 unspecified atom stereocenters. The number of aryl methyl sites for hydroxylation is 2. The Balaban J connectivity index is 1.94. The minimum absolute atomic E-state index is 0.00363. The SMILES string of the molecule is Cc1cccc(C)c1C(=O)NCCn1cnc(C(=O)O)c1. The number of benzene rings is 1. The molecule has 0 bridgehead atoms. The summed E-state index contributed by atoms with van der Waals surface area (Å²) in [7, 11) is 0. The van der Waals surface area contributed by atoms with Crippen LogP contribution in [0.25, 0.3) is 0 Å². The molecule has 0 fully saturated rings. The van der Waals surface area contributed by atoms with Crippen molar-refractivity contribution in [1.29, 1.82) is 0 Å². The van der Waals surface area contributed by atoms with E-state index in [1.165, 1.54) is 12.5 Å². The van der Waals surface area contributed by atoms with Crippen molar-refractivity contribution in [2.24, 2.45) is 0 Å². The molecule has 0 aliphatic rings. The number of hydrogen-bond acceptors (Lipinski definition) is 3. The average molecular weight is 287 g/mol. The first kappa shape index (κ1) is 14.8. The monoisotopic (exact) mass is 287 g/mol. The lowest BCUT2D eigenvalue weighted by Gasteiger charge is -2.10. The van der Waals surface area contributed by atoms with E-state index in [2.05, 4.69) is 10.3 Å². The molecule has 2 rings (SSSR count). The Morgan fingerprint density at radius 1 is 1.29 bits per heavy atom. The number of nitrogens with one attached hydrogen (secondary N) is 1. The lowest BCUT2D eigenvalue weighted by molar-refractivity contribution is 0.0690. The average Bonchev–Trinajstić information content (AvgIpc) is 2.87. The molecule has 1 aromatic carbocycles. The standard InChI is InChI=1S/C15H17N3O3/c1-10-4-3-5-11(2)13(10)14(19)16-6-7-18-8-12(15(20)21)17-9-18/h3-5,8-9H,6-7H2,1-2H3,(H,16,19)(H,20,21). The van der Waals surface area contributed by atoms with Gasteiger partial charge in [0.15, 0.2) is 5.69 Å². The predicted octanol–water partition coefficient (Wildman–Crippen LogP) is 1.63. The molecular weight excluding hydrogens is 270 g/mol. The minimum atomic E-state index is -1.06. The molecule has 1 heterocycles. The number of imidazole rings is 1. The molecular formula is C15H17N3O3. The van der Waals surface area contributed by atoms with Crippen LogP contribution in [0.4, 0.5) is 0 Å². The zero-order valence-corrected chi connectivity index (χ0v) is 12.0. The van der Waals surface area contributed by atoms with E-state index in [0.29, 0.717) is 18.7 Å². The molecule has 6 heteroatoms. The van der Waals surface area contributed by atoms with Crippen molar-refractivity contribution in [3.05, 3.63) is 53.1 Å². The van der Waals surface area contributed by atoms with Gasteiger partial charge in [0.2, 0.25) is 0 Å². The van der Waals surface area contributed by atoms with Crippen LogP contribution in [0.15, 0.2) is 30.7 Å². The highest BCUT2D eigenvalue weighted by Crippen LogP contribution is 2.12. The number of carbonyl (C=O) groups is 2. The molecule has 0 spiro atoms. The summed E-state index contributed by atoms with van der Waals surface area (Å²) in [4.78, 5) is 26.6. The summed E-state index contributed by atoms with van der Waals surface area (Å²) in [5.41, 5.74) is 2.55. The maximum atomic E-state index is 12.2. The van der Waals surface area contributed by atoms with Crippen LogP contribution in [0, 0.1) is 13.8 Å². The second-order valence-corrected chi connectivity index (χ2v) is 4.82. The number of carbonyl (C=O) groups excluding carboxylic acids is 1. The number of carboxylic acids is 1. The summed E-state index contributed by atoms with van der Waals surface area (Å²) in [6.07, 6.45) is 2.88. The van der Waals surface area contributed by atoms with Gasteiger partial charge in [0.1, 0.15) is 0 Å². The lowest BCUT2D eigenvalue weighted by Crippen LogP contribution is -2.28. The van der Waals surface area contributed by atoms with Gasteiger partial charge in [0.25, 0.3) is 5.91 Å². The van der Waals surface area contributed by atoms with Crippen molar-refractivity contribution in [2.75, 3.05) is 6.54 Å². The fourth-order valence-corrected chi connectivity index (χ4v) is 2.15. The minimum Gasteiger partial charge on any atom is -0.476 e. The number of rotatable bonds is 5. The first-order chi connectivity index (χ1) is 9.99. The number of amides is 1. The van der Waals surface area contributed by atoms with Crippen molar-refractivity contribution < 1.29 is 14.7 Å². The fraction of sp³-hybridized carbons (Fsp3) is 0.267. The second kappa shape index (κ2) is 6.21. The van der Waals surface area contributed by atoms with Crippen molar-refractivity contribution in [2.45, 2.75) is 20.4 Å². The Morgan fingerprint density at radius 3 is 2.52 bits per heavy atom. The van der Waals surface area contributed by atoms with Gasteiger partial charge >= 0.3 is 5.97 Å². The maximum Gasteiger partial charge on any atom is 0.356 e. The first-order valence-electron chi connectivity index (χ1n) is 6.58. The van der Waals surface area contributed by atoms with E-state index < -0.39 is 5.97 Å². The van der Waals surface area contributed by atoms with Gasteiger partial charge in [-0.05, 0) is 25.0 Å². The van der Waals surface area contributed by atoms with Gasteiger partial charge in [-0.1, -0.05) is 18.2 Å². The second-order valence-electron chi connectivity index (χ2n) is 4.82. The lowest BCUT2D eigenvalue weighted by atomic mass is 10.0. The zero-order chi connectivity index (χ0) is 15.4. The van der Waals surface area contributed by atoms with Crippen LogP contribution >= 0.6 is 0 Å². The Bertz CT molecular complexity index is 656. The Morgan fingerprint density at radius 2 is 1.95 bits per heavy atom. The van der Waals surface area contributed by atoms with E-state index in [-0.39, 0.29) is 11.6 Å². The first-order valence-corrected chi connectivity index (χ1v) is 6.58. The summed E-state index contributed by atoms with van der Waals surface area (Å²) >= 11 is 0. The predicted molar refractivity (Wildman–Crippen MR) is 77.4 cm³/mol. The van der Waals surface area contributed by atoms with Crippen LogP contribution in [-0.4, -0.2) is 33.1 Å². The topological polar surface area (TPSA) is 84.2 Å². The van der Waals surface area contributed by atoms with Gasteiger partial charge in [-0.3, -0.25) is 4.79 Å². The summed E-state index contributed by atoms with van der Waals surface area (Å²) in [5, 5.41) is 11.6. The third-order valence-corrected chi connectivity index (χ3v) is 3.22. The number of hydrogen-bond donors (Lipinski definition) is 2. The highest BCUT2D eigenvalue weighted by atomic mass is 16.4. The normalized spacial score (nSPS) is 10.4. The molecule has 0 saturated heterocycles. The molecule has 0 atom stereocenters. The van der Waals surface area contributed by atoms with Crippen LogP contribution in [0.1, 0.15) is 32.0 Å². The van der Waals surface area contributed by atoms with Crippen LogP contribution in [0.2, 0.25) is 0 Å². The molecule has 0 aliphatic heterocycles. The molecule has 21 heavy (non-hydrogen) atoms. The van der Waals surface area contributed by atoms with Gasteiger partial charge in [0.05, 0.1) is 6.33 Å². The van der Waals surface area contributed by atoms with Crippen LogP contribution in [0.3, 0.4) is 0 Å². The molecule has 0 aliphatic carbocycles. The molecule has 1 aromatic heterocycles. The third kappa shape index (κ3) is 3.47. The highest BCUT2D eigenvalue weighted by Gasteiger charge is 2.11. The van der Waals surface area contributed by atoms with Crippen molar-refractivity contribution >= 4 is 11.9 Å². The fourth-order valence-electron chi connectivity index (χ4n) is 2.15. The van der Waals surface area contributed by atoms with Crippen LogP contribution < -0.4 is 5.32 Å². The number of aromatic carboxylic acids is 1. The van der Waals surface area contributed by atoms with Gasteiger partial charge in [0, 0.05) is 24.8 Å². The van der Waals surface area contributed by atoms with Crippen molar-refractivity contribution in [3.8, 4) is 0 Å². The summed E-state index contributed by atoms with van der Waals surface area (Å²) in [6.45, 7) is 4.67. The highest BCUT2D eigenvalue weighted by molar-refractivity contribution is 5.97. The van der Waals surface area contributed by atoms with Crippen LogP contribution in [-0.2, 0) is 6.54 Å². The number of aromatic nitrogens is 2. The van der Waals surface area contributed by atoms with Crippen molar-refractivity contribution in [1.82, 2.24) is 14.9 Å². The van der Waals surface area contributed by atoms with Gasteiger partial charge in [-0.2, -0.15) is 0 Å². The molecule has 0 radical (unpaired) electrons. The van der Waals surface area contributed by atoms with Gasteiger partial charge < -0.3 is 15.0 Å². The summed E-state index contributed by atoms with van der Waals surface area (Å²) < 4.78 is 1.63. The molecule has 2 aromatic rings. The Labute approximate surface area is 122 Å². The Kier molecular flexibility index (Phi) is 4.37. The van der Waals surface area contributed by atoms with Gasteiger partial charge in [-0.15, -0.1) is 0 Å². The van der Waals surface area contributed by atoms with Gasteiger partial charge in [-0.25, -0.2) is 9.78 Å². The summed E-state index contributed by atoms with van der Waals surface area (Å²) in [5.74, 6) is -1.18. The van der Waals surface area contributed by atoms with Crippen molar-refractivity contribution in [3.63, 3.8) is 0 Å². The van der Waals surface area contributed by atoms with E-state index in [4.69, 9.17) is 5.11 Å². The number of carboxylic acid groups (broad SMARTS) is 1. The van der Waals surface area contributed by atoms with E-state index in [0.717, 1.165) is 11.1 Å². The third-order valence-electron chi connectivity index (χ3n) is 3.22. The van der Waals surface area contributed by atoms with Crippen LogP contribution in [0.5, 0.6) is 0 Å². The molecule has 110 valence electrons. The smallest absolute Gasteiger partial charge is 0.356 e. The quantitative estimate of drug-likeness (QED) is 0.875. The van der Waals surface area contributed by atoms with E-state index in [9.17, 15) is 9.59 Å². The maximum absolute atomic E-state index is 12.2. The van der Waals surface area contributed by atoms with E-state index in [1.54, 1.807) is 4.57 Å². The Hall–Kier alpha value is -2.63. The molecule has 6 nitrogen and oxygen atoms in total. The molecule has 0 saturated carbocycles.